The highest BCUT2D eigenvalue weighted by Crippen LogP contribution is 2.31. The van der Waals surface area contributed by atoms with E-state index in [9.17, 15) is 19.5 Å². The number of Topliss-reactive ketones (excluding diaryl/α,β-unsaturated/α-hetero) is 1. The van der Waals surface area contributed by atoms with Crippen molar-refractivity contribution in [3.63, 3.8) is 0 Å². The normalized spacial score (nSPS) is 10.7. The summed E-state index contributed by atoms with van der Waals surface area (Å²) < 4.78 is 6.92. The van der Waals surface area contributed by atoms with Crippen molar-refractivity contribution in [2.75, 3.05) is 0 Å². The highest BCUT2D eigenvalue weighted by Gasteiger charge is 2.21. The van der Waals surface area contributed by atoms with Crippen LogP contribution in [0, 0.1) is 0 Å². The van der Waals surface area contributed by atoms with Crippen LogP contribution in [0.4, 0.5) is 0 Å². The molecule has 0 bridgehead atoms. The second kappa shape index (κ2) is 7.28. The Kier molecular flexibility index (Phi) is 4.89. The number of fused-ring (bicyclic) bond motifs is 1. The number of ether oxygens (including phenoxy) is 1. The zero-order chi connectivity index (χ0) is 19.6. The van der Waals surface area contributed by atoms with Gasteiger partial charge in [0.1, 0.15) is 22.8 Å². The van der Waals surface area contributed by atoms with Crippen molar-refractivity contribution in [2.24, 2.45) is 7.05 Å². The molecule has 0 amide bonds. The van der Waals surface area contributed by atoms with Crippen LogP contribution in [0.2, 0.25) is 0 Å². The van der Waals surface area contributed by atoms with Gasteiger partial charge in [-0.15, -0.1) is 0 Å². The Bertz CT molecular complexity index is 1090. The van der Waals surface area contributed by atoms with E-state index in [0.29, 0.717) is 17.0 Å². The molecule has 2 N–H and O–H groups in total. The Hall–Kier alpha value is -3.68. The number of aryl methyl sites for hydroxylation is 1. The van der Waals surface area contributed by atoms with Gasteiger partial charge in [0.15, 0.2) is 5.78 Å². The minimum absolute atomic E-state index is 0.290. The Labute approximate surface area is 153 Å². The first-order valence-corrected chi connectivity index (χ1v) is 8.07. The lowest BCUT2D eigenvalue weighted by atomic mass is 10.0. The van der Waals surface area contributed by atoms with Gasteiger partial charge in [-0.05, 0) is 24.3 Å². The molecule has 0 saturated heterocycles. The molecule has 27 heavy (non-hydrogen) atoms. The summed E-state index contributed by atoms with van der Waals surface area (Å²) in [5.74, 6) is -1.33. The van der Waals surface area contributed by atoms with Crippen LogP contribution in [0.3, 0.4) is 0 Å². The van der Waals surface area contributed by atoms with Gasteiger partial charge in [-0.2, -0.15) is 0 Å². The van der Waals surface area contributed by atoms with E-state index in [1.54, 1.807) is 36.7 Å². The van der Waals surface area contributed by atoms with E-state index < -0.39 is 35.0 Å². The molecular weight excluding hydrogens is 352 g/mol. The van der Waals surface area contributed by atoms with Gasteiger partial charge in [-0.25, -0.2) is 0 Å². The zero-order valence-corrected chi connectivity index (χ0v) is 14.4. The van der Waals surface area contributed by atoms with E-state index in [0.717, 1.165) is 0 Å². The van der Waals surface area contributed by atoms with Crippen LogP contribution in [0.1, 0.15) is 23.2 Å². The maximum absolute atomic E-state index is 12.5. The Morgan fingerprint density at radius 1 is 1.11 bits per heavy atom. The number of carbonyl (C=O) groups excluding carboxylic acids is 1. The molecule has 0 spiro atoms. The fraction of sp³-hybridized carbons (Fsp3) is 0.158. The summed E-state index contributed by atoms with van der Waals surface area (Å²) in [6.45, 7) is 0. The van der Waals surface area contributed by atoms with Crippen molar-refractivity contribution in [2.45, 2.75) is 12.8 Å². The molecule has 0 atom stereocenters. The maximum Gasteiger partial charge on any atom is 0.303 e. The molecule has 138 valence electrons. The van der Waals surface area contributed by atoms with Gasteiger partial charge in [-0.3, -0.25) is 19.4 Å². The average molecular weight is 368 g/mol. The van der Waals surface area contributed by atoms with Crippen LogP contribution in [0.15, 0.2) is 47.5 Å². The van der Waals surface area contributed by atoms with Crippen LogP contribution >= 0.6 is 0 Å². The summed E-state index contributed by atoms with van der Waals surface area (Å²) >= 11 is 0. The van der Waals surface area contributed by atoms with Crippen molar-refractivity contribution in [1.29, 1.82) is 0 Å². The molecule has 0 unspecified atom stereocenters. The number of hydrogen-bond acceptors (Lipinski definition) is 6. The highest BCUT2D eigenvalue weighted by molar-refractivity contribution is 6.04. The Balaban J connectivity index is 2.05. The summed E-state index contributed by atoms with van der Waals surface area (Å²) in [6.07, 6.45) is 2.37. The molecule has 0 aliphatic carbocycles. The number of carboxylic acids is 1. The van der Waals surface area contributed by atoms with E-state index in [2.05, 4.69) is 4.98 Å². The number of benzene rings is 1. The number of carboxylic acid groups (broad SMARTS) is 1. The third kappa shape index (κ3) is 3.64. The number of aromatic hydroxyl groups is 1. The van der Waals surface area contributed by atoms with Crippen molar-refractivity contribution < 1.29 is 24.5 Å². The maximum atomic E-state index is 12.5. The van der Waals surface area contributed by atoms with Gasteiger partial charge < -0.3 is 19.5 Å². The van der Waals surface area contributed by atoms with Crippen molar-refractivity contribution in [3.8, 4) is 17.2 Å². The molecule has 2 heterocycles. The van der Waals surface area contributed by atoms with Gasteiger partial charge in [0.25, 0.3) is 5.56 Å². The number of aliphatic carboxylic acids is 1. The van der Waals surface area contributed by atoms with Crippen molar-refractivity contribution in [1.82, 2.24) is 9.55 Å². The monoisotopic (exact) mass is 368 g/mol. The molecule has 0 radical (unpaired) electrons. The van der Waals surface area contributed by atoms with Crippen LogP contribution in [0.25, 0.3) is 10.9 Å². The quantitative estimate of drug-likeness (QED) is 0.642. The lowest BCUT2D eigenvalue weighted by molar-refractivity contribution is -0.136. The number of aromatic nitrogens is 2. The minimum Gasteiger partial charge on any atom is -0.506 e. The Morgan fingerprint density at radius 3 is 2.48 bits per heavy atom. The smallest absolute Gasteiger partial charge is 0.303 e. The van der Waals surface area contributed by atoms with E-state index in [1.165, 1.54) is 17.7 Å². The van der Waals surface area contributed by atoms with Crippen molar-refractivity contribution >= 4 is 22.7 Å². The topological polar surface area (TPSA) is 119 Å². The zero-order valence-electron chi connectivity index (χ0n) is 14.4. The number of rotatable bonds is 6. The molecule has 1 aromatic carbocycles. The van der Waals surface area contributed by atoms with Gasteiger partial charge in [-0.1, -0.05) is 0 Å². The average Bonchev–Trinajstić information content (AvgIpc) is 2.65. The SMILES string of the molecule is Cn1c(=O)c(C(=O)CCC(=O)O)c(O)c2ccc(Oc3ccncc3)cc21. The van der Waals surface area contributed by atoms with Gasteiger partial charge in [0.2, 0.25) is 0 Å². The molecular formula is C19H16N2O6. The molecule has 0 aliphatic heterocycles. The second-order valence-corrected chi connectivity index (χ2v) is 5.87. The van der Waals surface area contributed by atoms with Crippen LogP contribution in [0.5, 0.6) is 17.2 Å². The predicted molar refractivity (Wildman–Crippen MR) is 96.4 cm³/mol. The summed E-state index contributed by atoms with van der Waals surface area (Å²) in [7, 11) is 1.47. The summed E-state index contributed by atoms with van der Waals surface area (Å²) in [5.41, 5.74) is -0.732. The molecule has 3 rings (SSSR count). The third-order valence-electron chi connectivity index (χ3n) is 4.07. The number of ketones is 1. The highest BCUT2D eigenvalue weighted by atomic mass is 16.5. The number of hydrogen-bond donors (Lipinski definition) is 2. The van der Waals surface area contributed by atoms with Crippen LogP contribution in [-0.2, 0) is 11.8 Å². The molecule has 0 saturated carbocycles. The Morgan fingerprint density at radius 2 is 1.81 bits per heavy atom. The fourth-order valence-corrected chi connectivity index (χ4v) is 2.70. The van der Waals surface area contributed by atoms with Gasteiger partial charge in [0, 0.05) is 37.3 Å². The number of pyridine rings is 2. The van der Waals surface area contributed by atoms with E-state index >= 15 is 0 Å². The molecule has 3 aromatic rings. The molecule has 8 nitrogen and oxygen atoms in total. The first-order valence-electron chi connectivity index (χ1n) is 8.07. The van der Waals surface area contributed by atoms with Gasteiger partial charge in [0.05, 0.1) is 11.9 Å². The molecule has 0 aliphatic rings. The number of carbonyl (C=O) groups is 2. The lowest BCUT2D eigenvalue weighted by Gasteiger charge is -2.13. The van der Waals surface area contributed by atoms with Gasteiger partial charge >= 0.3 is 5.97 Å². The third-order valence-corrected chi connectivity index (χ3v) is 4.07. The standard InChI is InChI=1S/C19H16N2O6/c1-21-14-10-12(27-11-6-8-20-9-7-11)2-3-13(14)18(25)17(19(21)26)15(22)4-5-16(23)24/h2-3,6-10,25H,4-5H2,1H3,(H,23,24). The fourth-order valence-electron chi connectivity index (χ4n) is 2.70. The molecule has 2 aromatic heterocycles. The summed E-state index contributed by atoms with van der Waals surface area (Å²) in [4.78, 5) is 39.3. The van der Waals surface area contributed by atoms with E-state index in [4.69, 9.17) is 9.84 Å². The lowest BCUT2D eigenvalue weighted by Crippen LogP contribution is -2.25. The predicted octanol–water partition coefficient (Wildman–Crippen LogP) is 2.48. The van der Waals surface area contributed by atoms with Crippen LogP contribution in [-0.4, -0.2) is 31.5 Å². The molecule has 0 fully saturated rings. The largest absolute Gasteiger partial charge is 0.506 e. The molecule has 8 heteroatoms. The minimum atomic E-state index is -1.15. The van der Waals surface area contributed by atoms with E-state index in [-0.39, 0.29) is 11.8 Å². The second-order valence-electron chi connectivity index (χ2n) is 5.87. The first-order chi connectivity index (χ1) is 12.9. The first kappa shape index (κ1) is 18.1. The van der Waals surface area contributed by atoms with Crippen molar-refractivity contribution in [3.05, 3.63) is 58.6 Å². The number of nitrogens with zero attached hydrogens (tertiary/aromatic N) is 2. The summed E-state index contributed by atoms with van der Waals surface area (Å²) in [5, 5.41) is 19.4. The summed E-state index contributed by atoms with van der Waals surface area (Å²) in [6, 6.07) is 8.05. The van der Waals surface area contributed by atoms with Crippen LogP contribution < -0.4 is 10.3 Å². The van der Waals surface area contributed by atoms with E-state index in [1.807, 2.05) is 0 Å².